The van der Waals surface area contributed by atoms with Crippen LogP contribution in [0.2, 0.25) is 0 Å². The summed E-state index contributed by atoms with van der Waals surface area (Å²) in [6, 6.07) is 20.1. The summed E-state index contributed by atoms with van der Waals surface area (Å²) in [6.07, 6.45) is 2.57. The molecular weight excluding hydrogens is 242 g/mol. The monoisotopic (exact) mass is 259 g/mol. The molecular formula is C16H18ClN. The van der Waals surface area contributed by atoms with Crippen LogP contribution in [0.15, 0.2) is 54.6 Å². The highest BCUT2D eigenvalue weighted by atomic mass is 35.5. The molecule has 18 heavy (non-hydrogen) atoms. The highest BCUT2D eigenvalue weighted by Crippen LogP contribution is 2.26. The number of hydrogen-bond donors (Lipinski definition) is 1. The van der Waals surface area contributed by atoms with Crippen LogP contribution in [-0.2, 0) is 0 Å². The van der Waals surface area contributed by atoms with E-state index in [0.717, 1.165) is 6.54 Å². The Morgan fingerprint density at radius 3 is 2.11 bits per heavy atom. The Balaban J connectivity index is 0.00000120. The zero-order valence-electron chi connectivity index (χ0n) is 10.3. The van der Waals surface area contributed by atoms with Crippen LogP contribution in [0.4, 0.5) is 0 Å². The second kappa shape index (κ2) is 6.03. The fourth-order valence-corrected chi connectivity index (χ4v) is 2.51. The van der Waals surface area contributed by atoms with Crippen molar-refractivity contribution in [2.75, 3.05) is 6.54 Å². The minimum Gasteiger partial charge on any atom is -0.310 e. The minimum absolute atomic E-state index is 0. The Bertz CT molecular complexity index is 472. The molecule has 3 rings (SSSR count). The van der Waals surface area contributed by atoms with Crippen LogP contribution in [0.1, 0.15) is 24.4 Å². The molecule has 1 fully saturated rings. The molecule has 0 aliphatic carbocycles. The topological polar surface area (TPSA) is 12.0 Å². The van der Waals surface area contributed by atoms with Gasteiger partial charge < -0.3 is 5.32 Å². The molecule has 0 bridgehead atoms. The van der Waals surface area contributed by atoms with E-state index in [0.29, 0.717) is 6.04 Å². The van der Waals surface area contributed by atoms with Gasteiger partial charge in [-0.25, -0.2) is 0 Å². The second-order valence-electron chi connectivity index (χ2n) is 4.64. The third kappa shape index (κ3) is 2.74. The zero-order valence-corrected chi connectivity index (χ0v) is 11.1. The smallest absolute Gasteiger partial charge is 0.0320 e. The molecule has 0 spiro atoms. The number of halogens is 1. The molecule has 1 heterocycles. The highest BCUT2D eigenvalue weighted by molar-refractivity contribution is 5.85. The van der Waals surface area contributed by atoms with Gasteiger partial charge in [-0.1, -0.05) is 54.6 Å². The van der Waals surface area contributed by atoms with Gasteiger partial charge in [-0.15, -0.1) is 12.4 Å². The molecule has 0 aromatic heterocycles. The van der Waals surface area contributed by atoms with Crippen molar-refractivity contribution in [3.05, 3.63) is 60.2 Å². The first-order valence-electron chi connectivity index (χ1n) is 6.32. The van der Waals surface area contributed by atoms with Crippen LogP contribution in [0, 0.1) is 0 Å². The first kappa shape index (κ1) is 13.1. The molecule has 2 aromatic rings. The molecule has 1 aliphatic rings. The summed E-state index contributed by atoms with van der Waals surface area (Å²) in [7, 11) is 0. The van der Waals surface area contributed by atoms with Gasteiger partial charge in [0, 0.05) is 6.04 Å². The number of benzene rings is 2. The summed E-state index contributed by atoms with van der Waals surface area (Å²) in [5.41, 5.74) is 4.01. The third-order valence-electron chi connectivity index (χ3n) is 3.48. The number of hydrogen-bond acceptors (Lipinski definition) is 1. The molecule has 2 heteroatoms. The highest BCUT2D eigenvalue weighted by Gasteiger charge is 2.15. The van der Waals surface area contributed by atoms with Gasteiger partial charge in [-0.2, -0.15) is 0 Å². The minimum atomic E-state index is 0. The average Bonchev–Trinajstić information content (AvgIpc) is 2.94. The van der Waals surface area contributed by atoms with Crippen LogP contribution in [0.3, 0.4) is 0 Å². The van der Waals surface area contributed by atoms with E-state index in [9.17, 15) is 0 Å². The molecule has 1 saturated heterocycles. The normalized spacial score (nSPS) is 18.3. The van der Waals surface area contributed by atoms with E-state index in [2.05, 4.69) is 59.9 Å². The maximum atomic E-state index is 3.53. The summed E-state index contributed by atoms with van der Waals surface area (Å²) in [6.45, 7) is 1.16. The predicted molar refractivity (Wildman–Crippen MR) is 79.1 cm³/mol. The molecule has 1 N–H and O–H groups in total. The van der Waals surface area contributed by atoms with Crippen LogP contribution in [-0.4, -0.2) is 6.54 Å². The number of nitrogens with one attached hydrogen (secondary N) is 1. The molecule has 1 atom stereocenters. The van der Waals surface area contributed by atoms with Crippen LogP contribution in [0.5, 0.6) is 0 Å². The fraction of sp³-hybridized carbons (Fsp3) is 0.250. The van der Waals surface area contributed by atoms with E-state index in [-0.39, 0.29) is 12.4 Å². The lowest BCUT2D eigenvalue weighted by molar-refractivity contribution is 0.648. The van der Waals surface area contributed by atoms with Gasteiger partial charge in [0.25, 0.3) is 0 Å². The second-order valence-corrected chi connectivity index (χ2v) is 4.64. The number of rotatable bonds is 2. The summed E-state index contributed by atoms with van der Waals surface area (Å²) < 4.78 is 0. The van der Waals surface area contributed by atoms with E-state index >= 15 is 0 Å². The summed E-state index contributed by atoms with van der Waals surface area (Å²) >= 11 is 0. The summed E-state index contributed by atoms with van der Waals surface area (Å²) in [5.74, 6) is 0. The lowest BCUT2D eigenvalue weighted by Crippen LogP contribution is -2.12. The van der Waals surface area contributed by atoms with Gasteiger partial charge >= 0.3 is 0 Å². The Labute approximate surface area is 115 Å². The maximum Gasteiger partial charge on any atom is 0.0320 e. The van der Waals surface area contributed by atoms with Crippen LogP contribution >= 0.6 is 12.4 Å². The van der Waals surface area contributed by atoms with Crippen molar-refractivity contribution in [2.45, 2.75) is 18.9 Å². The third-order valence-corrected chi connectivity index (χ3v) is 3.48. The molecule has 1 aliphatic heterocycles. The van der Waals surface area contributed by atoms with E-state index in [4.69, 9.17) is 0 Å². The van der Waals surface area contributed by atoms with E-state index in [1.165, 1.54) is 29.5 Å². The molecule has 94 valence electrons. The van der Waals surface area contributed by atoms with Crippen molar-refractivity contribution in [3.8, 4) is 11.1 Å². The maximum absolute atomic E-state index is 3.53. The van der Waals surface area contributed by atoms with Gasteiger partial charge in [-0.3, -0.25) is 0 Å². The Hall–Kier alpha value is -1.31. The molecule has 2 aromatic carbocycles. The van der Waals surface area contributed by atoms with Gasteiger partial charge in [0.05, 0.1) is 0 Å². The van der Waals surface area contributed by atoms with Crippen molar-refractivity contribution < 1.29 is 0 Å². The molecule has 1 unspecified atom stereocenters. The lowest BCUT2D eigenvalue weighted by atomic mass is 10.0. The largest absolute Gasteiger partial charge is 0.310 e. The molecule has 1 nitrogen and oxygen atoms in total. The first-order chi connectivity index (χ1) is 8.43. The zero-order chi connectivity index (χ0) is 11.5. The van der Waals surface area contributed by atoms with Crippen molar-refractivity contribution in [3.63, 3.8) is 0 Å². The first-order valence-corrected chi connectivity index (χ1v) is 6.32. The van der Waals surface area contributed by atoms with Gasteiger partial charge in [0.1, 0.15) is 0 Å². The van der Waals surface area contributed by atoms with Crippen molar-refractivity contribution >= 4 is 12.4 Å². The quantitative estimate of drug-likeness (QED) is 0.852. The predicted octanol–water partition coefficient (Wildman–Crippen LogP) is 4.20. The Morgan fingerprint density at radius 1 is 0.833 bits per heavy atom. The van der Waals surface area contributed by atoms with E-state index in [1.54, 1.807) is 0 Å². The average molecular weight is 260 g/mol. The van der Waals surface area contributed by atoms with Crippen molar-refractivity contribution in [2.24, 2.45) is 0 Å². The molecule has 0 radical (unpaired) electrons. The van der Waals surface area contributed by atoms with Gasteiger partial charge in [0.15, 0.2) is 0 Å². The summed E-state index contributed by atoms with van der Waals surface area (Å²) in [5, 5.41) is 3.53. The van der Waals surface area contributed by atoms with Gasteiger partial charge in [0.2, 0.25) is 0 Å². The Kier molecular flexibility index (Phi) is 4.40. The fourth-order valence-electron chi connectivity index (χ4n) is 2.51. The molecule has 0 amide bonds. The standard InChI is InChI=1S/C16H17N.ClH/c1-2-5-13(6-3-1)14-8-10-15(11-9-14)16-7-4-12-17-16;/h1-3,5-6,8-11,16-17H,4,7,12H2;1H. The molecule has 0 saturated carbocycles. The van der Waals surface area contributed by atoms with Gasteiger partial charge in [-0.05, 0) is 36.1 Å². The SMILES string of the molecule is Cl.c1ccc(-c2ccc(C3CCCN3)cc2)cc1. The Morgan fingerprint density at radius 2 is 1.50 bits per heavy atom. The van der Waals surface area contributed by atoms with E-state index in [1.807, 2.05) is 0 Å². The lowest BCUT2D eigenvalue weighted by Gasteiger charge is -2.11. The van der Waals surface area contributed by atoms with Crippen LogP contribution < -0.4 is 5.32 Å². The van der Waals surface area contributed by atoms with Crippen LogP contribution in [0.25, 0.3) is 11.1 Å². The van der Waals surface area contributed by atoms with Crippen molar-refractivity contribution in [1.29, 1.82) is 0 Å². The van der Waals surface area contributed by atoms with E-state index < -0.39 is 0 Å². The summed E-state index contributed by atoms with van der Waals surface area (Å²) in [4.78, 5) is 0. The van der Waals surface area contributed by atoms with Crippen molar-refractivity contribution in [1.82, 2.24) is 5.32 Å².